The predicted octanol–water partition coefficient (Wildman–Crippen LogP) is 2.59. The molecule has 1 aliphatic rings. The summed E-state index contributed by atoms with van der Waals surface area (Å²) in [6.07, 6.45) is 2.36. The monoisotopic (exact) mass is 416 g/mol. The van der Waals surface area contributed by atoms with Gasteiger partial charge in [-0.05, 0) is 44.4 Å². The molecule has 1 aromatic carbocycles. The zero-order chi connectivity index (χ0) is 20.0. The van der Waals surface area contributed by atoms with Gasteiger partial charge in [0.05, 0.1) is 10.6 Å². The molecule has 2 rings (SSSR count). The fraction of sp³-hybridized carbons (Fsp3) is 0.556. The molecule has 9 heteroatoms. The highest BCUT2D eigenvalue weighted by Gasteiger charge is 2.29. The van der Waals surface area contributed by atoms with Crippen molar-refractivity contribution in [2.75, 3.05) is 19.6 Å². The number of hydrogen-bond donors (Lipinski definition) is 1. The highest BCUT2D eigenvalue weighted by atomic mass is 35.5. The van der Waals surface area contributed by atoms with E-state index in [1.165, 1.54) is 29.4 Å². The predicted molar refractivity (Wildman–Crippen MR) is 102 cm³/mol. The number of nitrogens with one attached hydrogen (secondary N) is 1. The molecule has 1 unspecified atom stereocenters. The van der Waals surface area contributed by atoms with Crippen molar-refractivity contribution in [3.8, 4) is 0 Å². The Hall–Kier alpha value is -1.64. The van der Waals surface area contributed by atoms with E-state index in [1.54, 1.807) is 0 Å². The highest BCUT2D eigenvalue weighted by molar-refractivity contribution is 7.89. The standard InChI is InChI=1S/C18H25ClN2O5S/c1-3-9-20-17(22)13(2)26-18(23)14-7-8-15(19)16(12-14)27(24,25)21-10-5-4-6-11-21/h7-8,12-13H,3-6,9-11H2,1-2H3,(H,20,22). The van der Waals surface area contributed by atoms with E-state index < -0.39 is 28.0 Å². The lowest BCUT2D eigenvalue weighted by atomic mass is 10.2. The van der Waals surface area contributed by atoms with E-state index in [1.807, 2.05) is 6.92 Å². The number of benzene rings is 1. The average molecular weight is 417 g/mol. The largest absolute Gasteiger partial charge is 0.449 e. The van der Waals surface area contributed by atoms with E-state index in [2.05, 4.69) is 5.32 Å². The molecule has 27 heavy (non-hydrogen) atoms. The SMILES string of the molecule is CCCNC(=O)C(C)OC(=O)c1ccc(Cl)c(S(=O)(=O)N2CCCCC2)c1. The summed E-state index contributed by atoms with van der Waals surface area (Å²) in [5, 5.41) is 2.68. The average Bonchev–Trinajstić information content (AvgIpc) is 2.66. The van der Waals surface area contributed by atoms with Crippen molar-refractivity contribution in [2.24, 2.45) is 0 Å². The normalized spacial score (nSPS) is 16.6. The molecule has 1 amide bonds. The molecule has 0 aliphatic carbocycles. The zero-order valence-corrected chi connectivity index (χ0v) is 17.1. The van der Waals surface area contributed by atoms with E-state index >= 15 is 0 Å². The van der Waals surface area contributed by atoms with Crippen molar-refractivity contribution in [1.29, 1.82) is 0 Å². The summed E-state index contributed by atoms with van der Waals surface area (Å²) < 4.78 is 32.2. The van der Waals surface area contributed by atoms with Gasteiger partial charge in [-0.25, -0.2) is 13.2 Å². The Bertz CT molecular complexity index is 791. The van der Waals surface area contributed by atoms with Crippen LogP contribution in [0.5, 0.6) is 0 Å². The summed E-state index contributed by atoms with van der Waals surface area (Å²) in [7, 11) is -3.79. The Kier molecular flexibility index (Phi) is 7.64. The van der Waals surface area contributed by atoms with E-state index in [0.29, 0.717) is 19.6 Å². The first-order valence-electron chi connectivity index (χ1n) is 9.05. The zero-order valence-electron chi connectivity index (χ0n) is 15.5. The molecule has 0 saturated carbocycles. The maximum absolute atomic E-state index is 12.9. The van der Waals surface area contributed by atoms with Crippen LogP contribution in [0.2, 0.25) is 5.02 Å². The van der Waals surface area contributed by atoms with Gasteiger partial charge < -0.3 is 10.1 Å². The minimum atomic E-state index is -3.79. The fourth-order valence-electron chi connectivity index (χ4n) is 2.75. The Labute approximate surface area is 165 Å². The Morgan fingerprint density at radius 2 is 1.93 bits per heavy atom. The maximum Gasteiger partial charge on any atom is 0.338 e. The third-order valence-electron chi connectivity index (χ3n) is 4.30. The molecule has 1 aromatic rings. The van der Waals surface area contributed by atoms with Crippen LogP contribution in [0.15, 0.2) is 23.1 Å². The number of piperidine rings is 1. The number of hydrogen-bond acceptors (Lipinski definition) is 5. The van der Waals surface area contributed by atoms with E-state index in [-0.39, 0.29) is 15.5 Å². The van der Waals surface area contributed by atoms with Crippen molar-refractivity contribution < 1.29 is 22.7 Å². The number of carbonyl (C=O) groups excluding carboxylic acids is 2. The molecule has 0 aromatic heterocycles. The number of ether oxygens (including phenoxy) is 1. The minimum absolute atomic E-state index is 0.0325. The van der Waals surface area contributed by atoms with Gasteiger partial charge in [-0.2, -0.15) is 4.31 Å². The molecule has 1 fully saturated rings. The van der Waals surface area contributed by atoms with Crippen LogP contribution in [0.4, 0.5) is 0 Å². The summed E-state index contributed by atoms with van der Waals surface area (Å²) in [6.45, 7) is 4.73. The fourth-order valence-corrected chi connectivity index (χ4v) is 4.76. The molecule has 1 N–H and O–H groups in total. The van der Waals surface area contributed by atoms with Crippen LogP contribution < -0.4 is 5.32 Å². The number of esters is 1. The summed E-state index contributed by atoms with van der Waals surface area (Å²) in [4.78, 5) is 24.1. The summed E-state index contributed by atoms with van der Waals surface area (Å²) in [6, 6.07) is 3.96. The topological polar surface area (TPSA) is 92.8 Å². The minimum Gasteiger partial charge on any atom is -0.449 e. The van der Waals surface area contributed by atoms with Gasteiger partial charge in [0.15, 0.2) is 6.10 Å². The molecular formula is C18H25ClN2O5S. The lowest BCUT2D eigenvalue weighted by molar-refractivity contribution is -0.129. The second kappa shape index (κ2) is 9.52. The van der Waals surface area contributed by atoms with Gasteiger partial charge in [0.1, 0.15) is 4.90 Å². The van der Waals surface area contributed by atoms with Crippen LogP contribution in [0.3, 0.4) is 0 Å². The van der Waals surface area contributed by atoms with Gasteiger partial charge >= 0.3 is 5.97 Å². The third kappa shape index (κ3) is 5.43. The van der Waals surface area contributed by atoms with Gasteiger partial charge in [-0.3, -0.25) is 4.79 Å². The molecule has 0 bridgehead atoms. The summed E-state index contributed by atoms with van der Waals surface area (Å²) in [5.74, 6) is -1.18. The first-order chi connectivity index (χ1) is 12.8. The number of sulfonamides is 1. The third-order valence-corrected chi connectivity index (χ3v) is 6.68. The van der Waals surface area contributed by atoms with Gasteiger partial charge in [0, 0.05) is 19.6 Å². The van der Waals surface area contributed by atoms with Crippen LogP contribution in [0, 0.1) is 0 Å². The van der Waals surface area contributed by atoms with Crippen LogP contribution in [-0.2, 0) is 19.6 Å². The first-order valence-corrected chi connectivity index (χ1v) is 10.9. The Balaban J connectivity index is 2.18. The van der Waals surface area contributed by atoms with E-state index in [9.17, 15) is 18.0 Å². The van der Waals surface area contributed by atoms with Gasteiger partial charge in [0.2, 0.25) is 10.0 Å². The Morgan fingerprint density at radius 1 is 1.26 bits per heavy atom. The molecule has 1 aliphatic heterocycles. The van der Waals surface area contributed by atoms with Crippen LogP contribution in [0.1, 0.15) is 49.9 Å². The van der Waals surface area contributed by atoms with Gasteiger partial charge in [0.25, 0.3) is 5.91 Å². The summed E-state index contributed by atoms with van der Waals surface area (Å²) in [5.41, 5.74) is 0.0325. The van der Waals surface area contributed by atoms with Crippen molar-refractivity contribution in [3.63, 3.8) is 0 Å². The molecule has 1 saturated heterocycles. The second-order valence-electron chi connectivity index (χ2n) is 6.45. The maximum atomic E-state index is 12.9. The van der Waals surface area contributed by atoms with E-state index in [4.69, 9.17) is 16.3 Å². The molecule has 1 atom stereocenters. The van der Waals surface area contributed by atoms with Crippen LogP contribution in [-0.4, -0.2) is 50.3 Å². The van der Waals surface area contributed by atoms with E-state index in [0.717, 1.165) is 25.7 Å². The molecule has 7 nitrogen and oxygen atoms in total. The second-order valence-corrected chi connectivity index (χ2v) is 8.76. The van der Waals surface area contributed by atoms with Crippen molar-refractivity contribution in [3.05, 3.63) is 28.8 Å². The molecule has 0 spiro atoms. The smallest absolute Gasteiger partial charge is 0.338 e. The molecular weight excluding hydrogens is 392 g/mol. The number of amides is 1. The van der Waals surface area contributed by atoms with Crippen molar-refractivity contribution in [1.82, 2.24) is 9.62 Å². The number of rotatable bonds is 7. The number of halogens is 1. The molecule has 0 radical (unpaired) electrons. The summed E-state index contributed by atoms with van der Waals surface area (Å²) >= 11 is 6.10. The lowest BCUT2D eigenvalue weighted by Crippen LogP contribution is -2.36. The van der Waals surface area contributed by atoms with Crippen LogP contribution in [0.25, 0.3) is 0 Å². The van der Waals surface area contributed by atoms with Crippen LogP contribution >= 0.6 is 11.6 Å². The number of nitrogens with zero attached hydrogens (tertiary/aromatic N) is 1. The quantitative estimate of drug-likeness (QED) is 0.689. The highest BCUT2D eigenvalue weighted by Crippen LogP contribution is 2.28. The van der Waals surface area contributed by atoms with Gasteiger partial charge in [-0.15, -0.1) is 0 Å². The molecule has 1 heterocycles. The number of carbonyl (C=O) groups is 2. The van der Waals surface area contributed by atoms with Crippen molar-refractivity contribution in [2.45, 2.75) is 50.5 Å². The Morgan fingerprint density at radius 3 is 2.56 bits per heavy atom. The lowest BCUT2D eigenvalue weighted by Gasteiger charge is -2.26. The molecule has 150 valence electrons. The first kappa shape index (κ1) is 21.7. The van der Waals surface area contributed by atoms with Crippen molar-refractivity contribution >= 4 is 33.5 Å². The van der Waals surface area contributed by atoms with Gasteiger partial charge in [-0.1, -0.05) is 24.9 Å².